The van der Waals surface area contributed by atoms with Gasteiger partial charge in [0.2, 0.25) is 0 Å². The summed E-state index contributed by atoms with van der Waals surface area (Å²) >= 11 is 0. The van der Waals surface area contributed by atoms with E-state index in [2.05, 4.69) is 26.8 Å². The summed E-state index contributed by atoms with van der Waals surface area (Å²) in [7, 11) is 0. The van der Waals surface area contributed by atoms with Gasteiger partial charge in [0, 0.05) is 0 Å². The minimum Gasteiger partial charge on any atom is -0.392 e. The molecule has 0 bridgehead atoms. The van der Waals surface area contributed by atoms with Gasteiger partial charge in [0.15, 0.2) is 0 Å². The van der Waals surface area contributed by atoms with Crippen LogP contribution in [0.1, 0.15) is 40.0 Å². The molecule has 0 unspecified atom stereocenters. The quantitative estimate of drug-likeness (QED) is 0.607. The number of rotatable bonds is 5. The van der Waals surface area contributed by atoms with Crippen LogP contribution in [0.4, 0.5) is 0 Å². The first-order valence-corrected chi connectivity index (χ1v) is 4.51. The van der Waals surface area contributed by atoms with E-state index < -0.39 is 0 Å². The molecule has 1 nitrogen and oxygen atoms in total. The van der Waals surface area contributed by atoms with Crippen molar-refractivity contribution in [3.63, 3.8) is 0 Å². The van der Waals surface area contributed by atoms with Crippen LogP contribution in [0.2, 0.25) is 0 Å². The molecule has 0 aliphatic heterocycles. The van der Waals surface area contributed by atoms with Crippen molar-refractivity contribution in [1.82, 2.24) is 0 Å². The molecule has 0 saturated carbocycles. The van der Waals surface area contributed by atoms with Gasteiger partial charge in [0.05, 0.1) is 6.61 Å². The minimum absolute atomic E-state index is 0.234. The van der Waals surface area contributed by atoms with Crippen molar-refractivity contribution in [3.8, 4) is 0 Å². The first kappa shape index (κ1) is 10.7. The topological polar surface area (TPSA) is 20.2 Å². The second-order valence-corrected chi connectivity index (χ2v) is 3.33. The molecule has 0 aromatic carbocycles. The summed E-state index contributed by atoms with van der Waals surface area (Å²) < 4.78 is 0. The highest BCUT2D eigenvalue weighted by atomic mass is 16.3. The molecule has 0 atom stereocenters. The van der Waals surface area contributed by atoms with Gasteiger partial charge in [-0.3, -0.25) is 0 Å². The van der Waals surface area contributed by atoms with Gasteiger partial charge in [-0.1, -0.05) is 33.3 Å². The zero-order valence-electron chi connectivity index (χ0n) is 7.93. The lowest BCUT2D eigenvalue weighted by Gasteiger charge is -2.04. The van der Waals surface area contributed by atoms with E-state index in [-0.39, 0.29) is 6.61 Å². The summed E-state index contributed by atoms with van der Waals surface area (Å²) in [5.41, 5.74) is 1.20. The third-order valence-corrected chi connectivity index (χ3v) is 1.62. The van der Waals surface area contributed by atoms with Crippen molar-refractivity contribution in [2.45, 2.75) is 40.0 Å². The van der Waals surface area contributed by atoms with Crippen molar-refractivity contribution in [1.29, 1.82) is 0 Å². The molecule has 0 spiro atoms. The van der Waals surface area contributed by atoms with Gasteiger partial charge in [-0.05, 0) is 24.3 Å². The molecule has 1 N–H and O–H groups in total. The van der Waals surface area contributed by atoms with E-state index in [0.29, 0.717) is 5.92 Å². The molecule has 1 heteroatoms. The maximum absolute atomic E-state index is 8.93. The molecule has 0 aliphatic rings. The van der Waals surface area contributed by atoms with Gasteiger partial charge >= 0.3 is 0 Å². The molecule has 0 saturated heterocycles. The zero-order chi connectivity index (χ0) is 8.69. The van der Waals surface area contributed by atoms with Crippen LogP contribution in [0.15, 0.2) is 11.6 Å². The van der Waals surface area contributed by atoms with Gasteiger partial charge in [-0.25, -0.2) is 0 Å². The maximum Gasteiger partial charge on any atom is 0.0641 e. The van der Waals surface area contributed by atoms with Crippen LogP contribution < -0.4 is 0 Å². The molecule has 11 heavy (non-hydrogen) atoms. The minimum atomic E-state index is 0.234. The van der Waals surface area contributed by atoms with Crippen LogP contribution in [0, 0.1) is 5.92 Å². The molecule has 0 heterocycles. The van der Waals surface area contributed by atoms with Crippen LogP contribution in [0.25, 0.3) is 0 Å². The Morgan fingerprint density at radius 1 is 1.45 bits per heavy atom. The largest absolute Gasteiger partial charge is 0.392 e. The third-order valence-electron chi connectivity index (χ3n) is 1.62. The second-order valence-electron chi connectivity index (χ2n) is 3.33. The van der Waals surface area contributed by atoms with E-state index in [4.69, 9.17) is 5.11 Å². The van der Waals surface area contributed by atoms with Gasteiger partial charge in [-0.15, -0.1) is 0 Å². The number of hydrogen-bond acceptors (Lipinski definition) is 1. The van der Waals surface area contributed by atoms with Crippen LogP contribution in [0.3, 0.4) is 0 Å². The smallest absolute Gasteiger partial charge is 0.0641 e. The summed E-state index contributed by atoms with van der Waals surface area (Å²) in [6, 6.07) is 0. The fraction of sp³-hybridized carbons (Fsp3) is 0.800. The monoisotopic (exact) mass is 156 g/mol. The number of aliphatic hydroxyl groups is 1. The molecule has 0 rings (SSSR count). The number of unbranched alkanes of at least 4 members (excludes halogenated alkanes) is 1. The fourth-order valence-electron chi connectivity index (χ4n) is 1.09. The Kier molecular flexibility index (Phi) is 6.24. The molecule has 0 fully saturated rings. The van der Waals surface area contributed by atoms with Crippen molar-refractivity contribution in [2.24, 2.45) is 5.92 Å². The number of hydrogen-bond donors (Lipinski definition) is 1. The normalized spacial score (nSPS) is 12.6. The van der Waals surface area contributed by atoms with E-state index >= 15 is 0 Å². The van der Waals surface area contributed by atoms with E-state index in [9.17, 15) is 0 Å². The Balaban J connectivity index is 3.74. The predicted molar refractivity (Wildman–Crippen MR) is 49.5 cm³/mol. The van der Waals surface area contributed by atoms with Gasteiger partial charge in [-0.2, -0.15) is 0 Å². The Bertz CT molecular complexity index is 114. The van der Waals surface area contributed by atoms with E-state index in [1.165, 1.54) is 18.4 Å². The highest BCUT2D eigenvalue weighted by Crippen LogP contribution is 2.09. The lowest BCUT2D eigenvalue weighted by molar-refractivity contribution is 0.324. The van der Waals surface area contributed by atoms with Crippen LogP contribution in [-0.4, -0.2) is 11.7 Å². The first-order valence-electron chi connectivity index (χ1n) is 4.51. The maximum atomic E-state index is 8.93. The average Bonchev–Trinajstić information content (AvgIpc) is 1.97. The van der Waals surface area contributed by atoms with Crippen molar-refractivity contribution in [3.05, 3.63) is 11.6 Å². The van der Waals surface area contributed by atoms with Crippen LogP contribution in [-0.2, 0) is 0 Å². The molecular formula is C10H20O. The number of aliphatic hydroxyl groups excluding tert-OH is 1. The third kappa shape index (κ3) is 6.11. The highest BCUT2D eigenvalue weighted by Gasteiger charge is 1.95. The standard InChI is InChI=1S/C10H20O/c1-4-5-6-10(8-11)7-9(2)3/h7,9,11H,4-6,8H2,1-3H3/b10-7+. The van der Waals surface area contributed by atoms with E-state index in [0.717, 1.165) is 6.42 Å². The molecule has 0 aliphatic carbocycles. The Morgan fingerprint density at radius 2 is 2.09 bits per heavy atom. The lowest BCUT2D eigenvalue weighted by Crippen LogP contribution is -1.93. The highest BCUT2D eigenvalue weighted by molar-refractivity contribution is 5.03. The van der Waals surface area contributed by atoms with Crippen molar-refractivity contribution < 1.29 is 5.11 Å². The Hall–Kier alpha value is -0.300. The van der Waals surface area contributed by atoms with Gasteiger partial charge in [0.25, 0.3) is 0 Å². The molecular weight excluding hydrogens is 136 g/mol. The van der Waals surface area contributed by atoms with Gasteiger partial charge in [0.1, 0.15) is 0 Å². The summed E-state index contributed by atoms with van der Waals surface area (Å²) in [5, 5.41) is 8.93. The van der Waals surface area contributed by atoms with E-state index in [1.807, 2.05) is 0 Å². The Morgan fingerprint density at radius 3 is 2.45 bits per heavy atom. The first-order chi connectivity index (χ1) is 5.20. The molecule has 0 amide bonds. The summed E-state index contributed by atoms with van der Waals surface area (Å²) in [5.74, 6) is 0.564. The van der Waals surface area contributed by atoms with Crippen molar-refractivity contribution >= 4 is 0 Å². The zero-order valence-corrected chi connectivity index (χ0v) is 7.93. The van der Waals surface area contributed by atoms with Gasteiger partial charge < -0.3 is 5.11 Å². The molecule has 66 valence electrons. The average molecular weight is 156 g/mol. The lowest BCUT2D eigenvalue weighted by atomic mass is 10.1. The van der Waals surface area contributed by atoms with E-state index in [1.54, 1.807) is 0 Å². The summed E-state index contributed by atoms with van der Waals surface area (Å²) in [6.45, 7) is 6.69. The molecule has 0 radical (unpaired) electrons. The van der Waals surface area contributed by atoms with Crippen LogP contribution >= 0.6 is 0 Å². The Labute approximate surface area is 70.1 Å². The second kappa shape index (κ2) is 6.41. The summed E-state index contributed by atoms with van der Waals surface area (Å²) in [4.78, 5) is 0. The molecule has 0 aromatic heterocycles. The fourth-order valence-corrected chi connectivity index (χ4v) is 1.09. The molecule has 0 aromatic rings. The SMILES string of the molecule is CCCC/C(=C\C(C)C)CO. The predicted octanol–water partition coefficient (Wildman–Crippen LogP) is 2.75. The van der Waals surface area contributed by atoms with Crippen LogP contribution in [0.5, 0.6) is 0 Å². The number of allylic oxidation sites excluding steroid dienone is 1. The summed E-state index contributed by atoms with van der Waals surface area (Å²) in [6.07, 6.45) is 5.62. The van der Waals surface area contributed by atoms with Crippen molar-refractivity contribution in [2.75, 3.05) is 6.61 Å².